The predicted octanol–water partition coefficient (Wildman–Crippen LogP) is 2.43. The number of hydrogen-bond acceptors (Lipinski definition) is 6. The van der Waals surface area contributed by atoms with Gasteiger partial charge in [0.2, 0.25) is 5.89 Å². The molecule has 0 aliphatic carbocycles. The SMILES string of the molecule is Cc1cnc(C(C)Nc2nnc(C)c(C)c2C#N)o1. The Bertz CT molecular complexity index is 641. The standard InChI is InChI=1S/C13H15N5O/c1-7-6-15-13(19-7)10(4)16-12-11(5-14)8(2)9(3)17-18-12/h6,10H,1-4H3,(H,16,18). The van der Waals surface area contributed by atoms with E-state index in [0.29, 0.717) is 17.3 Å². The van der Waals surface area contributed by atoms with E-state index < -0.39 is 0 Å². The lowest BCUT2D eigenvalue weighted by Crippen LogP contribution is -2.12. The summed E-state index contributed by atoms with van der Waals surface area (Å²) in [6.45, 7) is 7.41. The number of anilines is 1. The van der Waals surface area contributed by atoms with Crippen LogP contribution in [0.5, 0.6) is 0 Å². The average molecular weight is 257 g/mol. The van der Waals surface area contributed by atoms with Gasteiger partial charge in [0.05, 0.1) is 11.9 Å². The Balaban J connectivity index is 2.29. The number of oxazole rings is 1. The highest BCUT2D eigenvalue weighted by atomic mass is 16.4. The van der Waals surface area contributed by atoms with Gasteiger partial charge in [0.1, 0.15) is 23.4 Å². The number of hydrogen-bond donors (Lipinski definition) is 1. The lowest BCUT2D eigenvalue weighted by molar-refractivity contribution is 0.453. The zero-order valence-corrected chi connectivity index (χ0v) is 11.4. The van der Waals surface area contributed by atoms with Crippen molar-refractivity contribution in [2.24, 2.45) is 0 Å². The molecule has 0 aliphatic heterocycles. The third-order valence-corrected chi connectivity index (χ3v) is 2.93. The van der Waals surface area contributed by atoms with Crippen molar-refractivity contribution in [2.75, 3.05) is 5.32 Å². The Hall–Kier alpha value is -2.42. The van der Waals surface area contributed by atoms with Crippen LogP contribution in [0.25, 0.3) is 0 Å². The summed E-state index contributed by atoms with van der Waals surface area (Å²) >= 11 is 0. The molecule has 0 fully saturated rings. The first-order chi connectivity index (χ1) is 9.02. The molecule has 1 atom stereocenters. The molecule has 2 aromatic heterocycles. The summed E-state index contributed by atoms with van der Waals surface area (Å²) in [5, 5.41) is 20.4. The fourth-order valence-electron chi connectivity index (χ4n) is 1.69. The van der Waals surface area contributed by atoms with Crippen molar-refractivity contribution in [3.63, 3.8) is 0 Å². The number of nitrogens with one attached hydrogen (secondary N) is 1. The van der Waals surface area contributed by atoms with Crippen LogP contribution in [0.1, 0.15) is 41.4 Å². The Morgan fingerprint density at radius 2 is 2.05 bits per heavy atom. The topological polar surface area (TPSA) is 87.6 Å². The number of aryl methyl sites for hydroxylation is 2. The van der Waals surface area contributed by atoms with Crippen molar-refractivity contribution in [1.82, 2.24) is 15.2 Å². The Morgan fingerprint density at radius 1 is 1.32 bits per heavy atom. The molecule has 0 saturated carbocycles. The van der Waals surface area contributed by atoms with Crippen molar-refractivity contribution in [3.8, 4) is 6.07 Å². The molecule has 6 nitrogen and oxygen atoms in total. The molecule has 1 N–H and O–H groups in total. The van der Waals surface area contributed by atoms with Crippen LogP contribution >= 0.6 is 0 Å². The van der Waals surface area contributed by atoms with Crippen LogP contribution in [-0.4, -0.2) is 15.2 Å². The van der Waals surface area contributed by atoms with E-state index >= 15 is 0 Å². The van der Waals surface area contributed by atoms with Crippen molar-refractivity contribution in [2.45, 2.75) is 33.7 Å². The maximum atomic E-state index is 9.21. The molecule has 0 bridgehead atoms. The highest BCUT2D eigenvalue weighted by molar-refractivity contribution is 5.56. The quantitative estimate of drug-likeness (QED) is 0.908. The van der Waals surface area contributed by atoms with E-state index in [1.807, 2.05) is 27.7 Å². The number of rotatable bonds is 3. The zero-order chi connectivity index (χ0) is 14.0. The minimum Gasteiger partial charge on any atom is -0.444 e. The number of nitriles is 1. The fourth-order valence-corrected chi connectivity index (χ4v) is 1.69. The van der Waals surface area contributed by atoms with Crippen molar-refractivity contribution in [1.29, 1.82) is 5.26 Å². The van der Waals surface area contributed by atoms with E-state index in [4.69, 9.17) is 4.42 Å². The van der Waals surface area contributed by atoms with E-state index in [9.17, 15) is 5.26 Å². The molecule has 0 amide bonds. The maximum Gasteiger partial charge on any atom is 0.216 e. The van der Waals surface area contributed by atoms with Gasteiger partial charge in [-0.1, -0.05) is 0 Å². The summed E-state index contributed by atoms with van der Waals surface area (Å²) in [7, 11) is 0. The van der Waals surface area contributed by atoms with E-state index in [2.05, 4.69) is 26.6 Å². The molecule has 98 valence electrons. The third-order valence-electron chi connectivity index (χ3n) is 2.93. The Labute approximate surface area is 111 Å². The zero-order valence-electron chi connectivity index (χ0n) is 11.4. The summed E-state index contributed by atoms with van der Waals surface area (Å²) in [5.74, 6) is 1.76. The average Bonchev–Trinajstić information content (AvgIpc) is 2.81. The second kappa shape index (κ2) is 5.06. The highest BCUT2D eigenvalue weighted by Crippen LogP contribution is 2.22. The molecule has 2 rings (SSSR count). The Morgan fingerprint density at radius 3 is 2.63 bits per heavy atom. The molecule has 19 heavy (non-hydrogen) atoms. The molecule has 2 aromatic rings. The molecule has 0 saturated heterocycles. The van der Waals surface area contributed by atoms with Crippen molar-refractivity contribution < 1.29 is 4.42 Å². The molecule has 6 heteroatoms. The van der Waals surface area contributed by atoms with Crippen LogP contribution < -0.4 is 5.32 Å². The summed E-state index contributed by atoms with van der Waals surface area (Å²) in [4.78, 5) is 4.15. The lowest BCUT2D eigenvalue weighted by atomic mass is 10.1. The van der Waals surface area contributed by atoms with Crippen LogP contribution in [0.15, 0.2) is 10.6 Å². The molecule has 0 aliphatic rings. The number of aromatic nitrogens is 3. The van der Waals surface area contributed by atoms with Crippen LogP contribution in [0, 0.1) is 32.1 Å². The summed E-state index contributed by atoms with van der Waals surface area (Å²) in [6, 6.07) is 1.97. The van der Waals surface area contributed by atoms with Gasteiger partial charge in [-0.3, -0.25) is 0 Å². The van der Waals surface area contributed by atoms with Crippen LogP contribution in [-0.2, 0) is 0 Å². The second-order valence-corrected chi connectivity index (χ2v) is 4.42. The minimum atomic E-state index is -0.183. The third kappa shape index (κ3) is 2.55. The van der Waals surface area contributed by atoms with E-state index in [0.717, 1.165) is 17.0 Å². The molecule has 0 aromatic carbocycles. The van der Waals surface area contributed by atoms with Gasteiger partial charge in [0.15, 0.2) is 5.82 Å². The predicted molar refractivity (Wildman–Crippen MR) is 69.5 cm³/mol. The summed E-state index contributed by atoms with van der Waals surface area (Å²) in [5.41, 5.74) is 2.08. The van der Waals surface area contributed by atoms with Crippen molar-refractivity contribution >= 4 is 5.82 Å². The maximum absolute atomic E-state index is 9.21. The highest BCUT2D eigenvalue weighted by Gasteiger charge is 2.16. The lowest BCUT2D eigenvalue weighted by Gasteiger charge is -2.13. The molecule has 0 radical (unpaired) electrons. The van der Waals surface area contributed by atoms with E-state index in [1.54, 1.807) is 6.20 Å². The molecular weight excluding hydrogens is 242 g/mol. The summed E-state index contributed by atoms with van der Waals surface area (Å²) < 4.78 is 5.44. The minimum absolute atomic E-state index is 0.183. The van der Waals surface area contributed by atoms with Gasteiger partial charge in [0.25, 0.3) is 0 Å². The van der Waals surface area contributed by atoms with Gasteiger partial charge in [-0.05, 0) is 33.3 Å². The van der Waals surface area contributed by atoms with Crippen LogP contribution in [0.4, 0.5) is 5.82 Å². The first-order valence-corrected chi connectivity index (χ1v) is 5.95. The summed E-state index contributed by atoms with van der Waals surface area (Å²) in [6.07, 6.45) is 1.66. The molecular formula is C13H15N5O. The van der Waals surface area contributed by atoms with Gasteiger partial charge in [-0.15, -0.1) is 5.10 Å². The van der Waals surface area contributed by atoms with Gasteiger partial charge in [-0.25, -0.2) is 4.98 Å². The second-order valence-electron chi connectivity index (χ2n) is 4.42. The van der Waals surface area contributed by atoms with Crippen LogP contribution in [0.3, 0.4) is 0 Å². The van der Waals surface area contributed by atoms with Gasteiger partial charge < -0.3 is 9.73 Å². The molecule has 0 spiro atoms. The van der Waals surface area contributed by atoms with Crippen LogP contribution in [0.2, 0.25) is 0 Å². The Kier molecular flexibility index (Phi) is 3.47. The number of nitrogens with zero attached hydrogens (tertiary/aromatic N) is 4. The monoisotopic (exact) mass is 257 g/mol. The van der Waals surface area contributed by atoms with Crippen molar-refractivity contribution in [3.05, 3.63) is 34.7 Å². The van der Waals surface area contributed by atoms with Gasteiger partial charge >= 0.3 is 0 Å². The normalized spacial score (nSPS) is 11.9. The first kappa shape index (κ1) is 13.0. The molecule has 1 unspecified atom stereocenters. The molecule has 2 heterocycles. The van der Waals surface area contributed by atoms with Gasteiger partial charge in [0, 0.05) is 0 Å². The largest absolute Gasteiger partial charge is 0.444 e. The van der Waals surface area contributed by atoms with E-state index in [-0.39, 0.29) is 6.04 Å². The fraction of sp³-hybridized carbons (Fsp3) is 0.385. The van der Waals surface area contributed by atoms with Gasteiger partial charge in [-0.2, -0.15) is 10.4 Å². The first-order valence-electron chi connectivity index (χ1n) is 5.95. The van der Waals surface area contributed by atoms with E-state index in [1.165, 1.54) is 0 Å². The smallest absolute Gasteiger partial charge is 0.216 e.